The van der Waals surface area contributed by atoms with Crippen LogP contribution in [0.15, 0.2) is 40.9 Å². The normalized spacial score (nSPS) is 12.9. The molecule has 2 N–H and O–H groups in total. The van der Waals surface area contributed by atoms with Crippen LogP contribution in [0.4, 0.5) is 10.1 Å². The predicted octanol–water partition coefficient (Wildman–Crippen LogP) is 2.73. The largest absolute Gasteiger partial charge is 0.376 e. The van der Waals surface area contributed by atoms with E-state index in [4.69, 9.17) is 4.52 Å². The van der Waals surface area contributed by atoms with Crippen LogP contribution in [0.25, 0.3) is 11.5 Å². The van der Waals surface area contributed by atoms with Crippen molar-refractivity contribution in [2.45, 2.75) is 33.9 Å². The number of aromatic nitrogens is 2. The number of carbonyl (C=O) groups is 2. The Balaban J connectivity index is 1.39. The summed E-state index contributed by atoms with van der Waals surface area (Å²) in [4.78, 5) is 32.2. The van der Waals surface area contributed by atoms with Gasteiger partial charge < -0.3 is 20.1 Å². The summed E-state index contributed by atoms with van der Waals surface area (Å²) in [5, 5.41) is 13.6. The number of halogens is 1. The van der Waals surface area contributed by atoms with Crippen molar-refractivity contribution < 1.29 is 18.5 Å². The first-order chi connectivity index (χ1) is 18.2. The summed E-state index contributed by atoms with van der Waals surface area (Å²) in [6, 6.07) is 10.4. The van der Waals surface area contributed by atoms with E-state index in [1.54, 1.807) is 24.9 Å². The number of likely N-dealkylation sites (N-methyl/N-ethyl adjacent to an activating group) is 2. The fourth-order valence-electron chi connectivity index (χ4n) is 4.31. The van der Waals surface area contributed by atoms with Crippen LogP contribution in [-0.4, -0.2) is 76.6 Å². The van der Waals surface area contributed by atoms with Gasteiger partial charge in [0, 0.05) is 44.5 Å². The van der Waals surface area contributed by atoms with Crippen molar-refractivity contribution in [2.24, 2.45) is 0 Å². The van der Waals surface area contributed by atoms with Gasteiger partial charge >= 0.3 is 0 Å². The van der Waals surface area contributed by atoms with E-state index in [1.807, 2.05) is 37.1 Å². The second-order valence-corrected chi connectivity index (χ2v) is 9.35. The Morgan fingerprint density at radius 2 is 1.89 bits per heavy atom. The van der Waals surface area contributed by atoms with Gasteiger partial charge in [0.05, 0.1) is 6.54 Å². The molecule has 1 aliphatic rings. The second-order valence-electron chi connectivity index (χ2n) is 9.35. The van der Waals surface area contributed by atoms with E-state index in [1.165, 1.54) is 17.1 Å². The van der Waals surface area contributed by atoms with Gasteiger partial charge in [0.1, 0.15) is 12.4 Å². The average Bonchev–Trinajstić information content (AvgIpc) is 3.52. The van der Waals surface area contributed by atoms with Crippen LogP contribution in [0, 0.1) is 19.7 Å². The number of hydrogen-bond donors (Lipinski definition) is 2. The summed E-state index contributed by atoms with van der Waals surface area (Å²) < 4.78 is 18.9. The molecule has 0 radical (unpaired) electrons. The Labute approximate surface area is 221 Å². The molecule has 2 heterocycles. The molecule has 0 saturated heterocycles. The molecule has 2 amide bonds. The summed E-state index contributed by atoms with van der Waals surface area (Å²) >= 11 is 0. The van der Waals surface area contributed by atoms with Crippen LogP contribution in [0.5, 0.6) is 0 Å². The Morgan fingerprint density at radius 1 is 1.11 bits per heavy atom. The second kappa shape index (κ2) is 12.1. The Hall–Kier alpha value is -3.83. The van der Waals surface area contributed by atoms with E-state index >= 15 is 0 Å². The summed E-state index contributed by atoms with van der Waals surface area (Å²) in [5.41, 5.74) is 4.32. The number of aryl methyl sites for hydroxylation is 2. The number of fused-ring (bicyclic) bond motifs is 1. The zero-order valence-electron chi connectivity index (χ0n) is 22.3. The minimum atomic E-state index is -0.291. The van der Waals surface area contributed by atoms with Crippen LogP contribution >= 0.6 is 0 Å². The van der Waals surface area contributed by atoms with E-state index in [9.17, 15) is 14.0 Å². The Bertz CT molecular complexity index is 1300. The molecule has 1 aliphatic heterocycles. The van der Waals surface area contributed by atoms with Gasteiger partial charge in [0.15, 0.2) is 5.82 Å². The zero-order valence-corrected chi connectivity index (χ0v) is 22.3. The highest BCUT2D eigenvalue weighted by Gasteiger charge is 2.27. The van der Waals surface area contributed by atoms with Crippen LogP contribution in [0.2, 0.25) is 0 Å². The number of nitrogens with one attached hydrogen (secondary N) is 2. The van der Waals surface area contributed by atoms with Crippen LogP contribution < -0.4 is 10.6 Å². The minimum absolute atomic E-state index is 0.0186. The minimum Gasteiger partial charge on any atom is -0.376 e. The van der Waals surface area contributed by atoms with Crippen molar-refractivity contribution in [1.82, 2.24) is 30.4 Å². The lowest BCUT2D eigenvalue weighted by atomic mass is 10.1. The van der Waals surface area contributed by atoms with Gasteiger partial charge in [-0.05, 0) is 61.3 Å². The van der Waals surface area contributed by atoms with Crippen LogP contribution in [-0.2, 0) is 22.7 Å². The highest BCUT2D eigenvalue weighted by atomic mass is 19.1. The SMILES string of the molecule is CCNCCN(CC(=O)N(C)N1Cc2ccc(F)cc2C1)C(=O)CNc1cc(-c2nc(C)no2)ccc1C. The molecule has 0 fully saturated rings. The number of hydrazine groups is 1. The quantitative estimate of drug-likeness (QED) is 0.370. The van der Waals surface area contributed by atoms with Crippen molar-refractivity contribution in [1.29, 1.82) is 0 Å². The van der Waals surface area contributed by atoms with Gasteiger partial charge in [-0.3, -0.25) is 14.6 Å². The molecule has 2 aromatic carbocycles. The number of carbonyl (C=O) groups excluding carboxylic acids is 2. The lowest BCUT2D eigenvalue weighted by Gasteiger charge is -2.31. The maximum absolute atomic E-state index is 13.6. The van der Waals surface area contributed by atoms with Crippen LogP contribution in [0.1, 0.15) is 29.4 Å². The summed E-state index contributed by atoms with van der Waals surface area (Å²) in [5.74, 6) is 0.244. The number of anilines is 1. The fraction of sp³-hybridized carbons (Fsp3) is 0.407. The summed E-state index contributed by atoms with van der Waals surface area (Å²) in [7, 11) is 1.68. The monoisotopic (exact) mass is 523 g/mol. The van der Waals surface area contributed by atoms with Crippen molar-refractivity contribution in [3.63, 3.8) is 0 Å². The number of hydrogen-bond acceptors (Lipinski definition) is 8. The first-order valence-corrected chi connectivity index (χ1v) is 12.7. The standard InChI is InChI=1S/C27H34FN7O3/c1-5-29-10-11-34(17-26(37)33(4)35-15-21-8-9-23(28)12-22(21)16-35)25(36)14-30-24-13-20(7-6-18(24)2)27-31-19(3)32-38-27/h6-9,12-13,29-30H,5,10-11,14-17H2,1-4H3. The Kier molecular flexibility index (Phi) is 8.70. The van der Waals surface area contributed by atoms with E-state index in [2.05, 4.69) is 20.8 Å². The number of benzene rings is 2. The van der Waals surface area contributed by atoms with Gasteiger partial charge in [-0.2, -0.15) is 4.98 Å². The third-order valence-corrected chi connectivity index (χ3v) is 6.59. The number of rotatable bonds is 11. The first kappa shape index (κ1) is 27.2. The highest BCUT2D eigenvalue weighted by Crippen LogP contribution is 2.25. The first-order valence-electron chi connectivity index (χ1n) is 12.7. The average molecular weight is 524 g/mol. The molecule has 202 valence electrons. The molecule has 0 bridgehead atoms. The van der Waals surface area contributed by atoms with Gasteiger partial charge in [-0.1, -0.05) is 24.2 Å². The molecule has 0 unspecified atom stereocenters. The van der Waals surface area contributed by atoms with E-state index < -0.39 is 0 Å². The van der Waals surface area contributed by atoms with Crippen LogP contribution in [0.3, 0.4) is 0 Å². The van der Waals surface area contributed by atoms with Gasteiger partial charge in [0.25, 0.3) is 11.8 Å². The fourth-order valence-corrected chi connectivity index (χ4v) is 4.31. The van der Waals surface area contributed by atoms with Crippen molar-refractivity contribution in [3.05, 3.63) is 64.7 Å². The molecule has 38 heavy (non-hydrogen) atoms. The molecule has 3 aromatic rings. The molecule has 11 heteroatoms. The predicted molar refractivity (Wildman–Crippen MR) is 141 cm³/mol. The summed E-state index contributed by atoms with van der Waals surface area (Å²) in [6.45, 7) is 8.31. The molecular weight excluding hydrogens is 489 g/mol. The third-order valence-electron chi connectivity index (χ3n) is 6.59. The van der Waals surface area contributed by atoms with E-state index in [0.29, 0.717) is 37.9 Å². The summed E-state index contributed by atoms with van der Waals surface area (Å²) in [6.07, 6.45) is 0. The van der Waals surface area contributed by atoms with Gasteiger partial charge in [0.2, 0.25) is 5.91 Å². The Morgan fingerprint density at radius 3 is 2.63 bits per heavy atom. The lowest BCUT2D eigenvalue weighted by molar-refractivity contribution is -0.151. The molecule has 1 aromatic heterocycles. The maximum Gasteiger partial charge on any atom is 0.257 e. The molecule has 0 atom stereocenters. The van der Waals surface area contributed by atoms with E-state index in [0.717, 1.165) is 34.5 Å². The molecule has 4 rings (SSSR count). The van der Waals surface area contributed by atoms with Gasteiger partial charge in [-0.15, -0.1) is 0 Å². The number of nitrogens with zero attached hydrogens (tertiary/aromatic N) is 5. The molecular formula is C27H34FN7O3. The maximum atomic E-state index is 13.6. The molecule has 0 saturated carbocycles. The van der Waals surface area contributed by atoms with Gasteiger partial charge in [-0.25, -0.2) is 9.40 Å². The third kappa shape index (κ3) is 6.53. The lowest BCUT2D eigenvalue weighted by Crippen LogP contribution is -2.49. The molecule has 10 nitrogen and oxygen atoms in total. The molecule has 0 spiro atoms. The van der Waals surface area contributed by atoms with Crippen molar-refractivity contribution >= 4 is 17.5 Å². The van der Waals surface area contributed by atoms with Crippen molar-refractivity contribution in [3.8, 4) is 11.5 Å². The molecule has 0 aliphatic carbocycles. The van der Waals surface area contributed by atoms with Crippen molar-refractivity contribution in [2.75, 3.05) is 45.1 Å². The van der Waals surface area contributed by atoms with E-state index in [-0.39, 0.29) is 30.7 Å². The zero-order chi connectivity index (χ0) is 27.2. The highest BCUT2D eigenvalue weighted by molar-refractivity contribution is 5.87. The topological polar surface area (TPSA) is 107 Å². The number of amides is 2. The smallest absolute Gasteiger partial charge is 0.257 e.